The second-order valence-electron chi connectivity index (χ2n) is 2.89. The molecular weight excluding hydrogens is 212 g/mol. The summed E-state index contributed by atoms with van der Waals surface area (Å²) in [4.78, 5) is 22.6. The van der Waals surface area contributed by atoms with E-state index in [0.29, 0.717) is 6.54 Å². The van der Waals surface area contributed by atoms with Gasteiger partial charge in [-0.2, -0.15) is 0 Å². The first-order chi connectivity index (χ1) is 7.54. The topological polar surface area (TPSA) is 121 Å². The van der Waals surface area contributed by atoms with Crippen molar-refractivity contribution >= 4 is 17.8 Å². The maximum absolute atomic E-state index is 11.3. The first-order valence-electron chi connectivity index (χ1n) is 4.58. The number of carbonyl (C=O) groups excluding carboxylic acids is 2. The molecule has 7 heteroatoms. The fourth-order valence-corrected chi connectivity index (χ4v) is 1.01. The van der Waals surface area contributed by atoms with E-state index in [1.54, 1.807) is 6.92 Å². The number of amides is 2. The highest BCUT2D eigenvalue weighted by atomic mass is 16.4. The number of hydrogen-bond donors (Lipinski definition) is 4. The molecule has 0 aliphatic carbocycles. The van der Waals surface area contributed by atoms with Gasteiger partial charge in [-0.15, -0.1) is 0 Å². The summed E-state index contributed by atoms with van der Waals surface area (Å²) in [5, 5.41) is 11.4. The van der Waals surface area contributed by atoms with Crippen molar-refractivity contribution in [3.63, 3.8) is 0 Å². The summed E-state index contributed by atoms with van der Waals surface area (Å²) < 4.78 is 4.98. The second kappa shape index (κ2) is 4.96. The third-order valence-electron chi connectivity index (χ3n) is 1.64. The zero-order valence-electron chi connectivity index (χ0n) is 8.66. The minimum atomic E-state index is -0.664. The van der Waals surface area contributed by atoms with E-state index >= 15 is 0 Å². The van der Waals surface area contributed by atoms with Crippen LogP contribution in [-0.4, -0.2) is 24.3 Å². The molecule has 0 aromatic carbocycles. The molecule has 0 fully saturated rings. The zero-order chi connectivity index (χ0) is 12.1. The number of guanidine groups is 1. The van der Waals surface area contributed by atoms with E-state index in [-0.39, 0.29) is 11.5 Å². The molecule has 0 aliphatic heterocycles. The summed E-state index contributed by atoms with van der Waals surface area (Å²) in [5.74, 6) is -1.58. The maximum Gasteiger partial charge on any atom is 0.293 e. The maximum atomic E-state index is 11.3. The molecule has 86 valence electrons. The van der Waals surface area contributed by atoms with Gasteiger partial charge in [0.05, 0.1) is 0 Å². The molecule has 16 heavy (non-hydrogen) atoms. The van der Waals surface area contributed by atoms with E-state index in [0.717, 1.165) is 0 Å². The predicted octanol–water partition coefficient (Wildman–Crippen LogP) is -0.347. The number of nitrogens with one attached hydrogen (secondary N) is 3. The van der Waals surface area contributed by atoms with Crippen LogP contribution in [0.1, 0.15) is 28.0 Å². The van der Waals surface area contributed by atoms with Gasteiger partial charge in [-0.3, -0.25) is 20.3 Å². The standard InChI is InChI=1S/C9H12N4O3/c1-2-12-7(14)5-3-4-6(16-5)8(15)13-9(10)11/h3-4H,2H2,1H3,(H,12,14)(H4,10,11,13,15). The van der Waals surface area contributed by atoms with Gasteiger partial charge >= 0.3 is 0 Å². The monoisotopic (exact) mass is 224 g/mol. The number of hydrogen-bond acceptors (Lipinski definition) is 4. The van der Waals surface area contributed by atoms with Crippen molar-refractivity contribution in [1.82, 2.24) is 10.6 Å². The van der Waals surface area contributed by atoms with Crippen LogP contribution in [0.4, 0.5) is 0 Å². The molecule has 0 spiro atoms. The Morgan fingerprint density at radius 3 is 2.44 bits per heavy atom. The molecule has 7 nitrogen and oxygen atoms in total. The van der Waals surface area contributed by atoms with Crippen LogP contribution in [0.25, 0.3) is 0 Å². The van der Waals surface area contributed by atoms with Crippen LogP contribution in [0.2, 0.25) is 0 Å². The SMILES string of the molecule is CCNC(=O)c1ccc(C(=O)NC(=N)N)o1. The Balaban J connectivity index is 2.74. The molecule has 0 aliphatic rings. The summed E-state index contributed by atoms with van der Waals surface area (Å²) >= 11 is 0. The van der Waals surface area contributed by atoms with Gasteiger partial charge in [0.2, 0.25) is 0 Å². The third kappa shape index (κ3) is 2.84. The summed E-state index contributed by atoms with van der Waals surface area (Å²) in [7, 11) is 0. The van der Waals surface area contributed by atoms with E-state index in [4.69, 9.17) is 15.6 Å². The molecule has 0 saturated heterocycles. The van der Waals surface area contributed by atoms with Crippen LogP contribution in [-0.2, 0) is 0 Å². The summed E-state index contributed by atoms with van der Waals surface area (Å²) in [6, 6.07) is 2.71. The Morgan fingerprint density at radius 1 is 1.38 bits per heavy atom. The zero-order valence-corrected chi connectivity index (χ0v) is 8.66. The molecule has 1 rings (SSSR count). The van der Waals surface area contributed by atoms with Crippen molar-refractivity contribution in [1.29, 1.82) is 5.41 Å². The van der Waals surface area contributed by atoms with Crippen molar-refractivity contribution in [2.75, 3.05) is 6.54 Å². The molecule has 0 atom stereocenters. The highest BCUT2D eigenvalue weighted by molar-refractivity contribution is 6.03. The molecule has 5 N–H and O–H groups in total. The Kier molecular flexibility index (Phi) is 3.65. The van der Waals surface area contributed by atoms with Crippen LogP contribution in [0, 0.1) is 5.41 Å². The van der Waals surface area contributed by atoms with Gasteiger partial charge in [-0.1, -0.05) is 0 Å². The van der Waals surface area contributed by atoms with E-state index in [1.165, 1.54) is 12.1 Å². The van der Waals surface area contributed by atoms with Crippen LogP contribution >= 0.6 is 0 Å². The van der Waals surface area contributed by atoms with E-state index in [1.807, 2.05) is 5.32 Å². The van der Waals surface area contributed by atoms with Crippen molar-refractivity contribution in [3.05, 3.63) is 23.7 Å². The molecule has 0 unspecified atom stereocenters. The van der Waals surface area contributed by atoms with Gasteiger partial charge in [-0.25, -0.2) is 0 Å². The number of rotatable bonds is 3. The van der Waals surface area contributed by atoms with Crippen molar-refractivity contribution < 1.29 is 14.0 Å². The Morgan fingerprint density at radius 2 is 1.94 bits per heavy atom. The molecular formula is C9H12N4O3. The summed E-state index contributed by atoms with van der Waals surface area (Å²) in [6.07, 6.45) is 0. The van der Waals surface area contributed by atoms with E-state index < -0.39 is 17.8 Å². The fourth-order valence-electron chi connectivity index (χ4n) is 1.01. The average Bonchev–Trinajstić information content (AvgIpc) is 2.65. The van der Waals surface area contributed by atoms with Gasteiger partial charge in [0.15, 0.2) is 17.5 Å². The third-order valence-corrected chi connectivity index (χ3v) is 1.64. The summed E-state index contributed by atoms with van der Waals surface area (Å²) in [6.45, 7) is 2.23. The lowest BCUT2D eigenvalue weighted by atomic mass is 10.4. The second-order valence-corrected chi connectivity index (χ2v) is 2.89. The number of carbonyl (C=O) groups is 2. The predicted molar refractivity (Wildman–Crippen MR) is 56.1 cm³/mol. The molecule has 1 heterocycles. The highest BCUT2D eigenvalue weighted by Gasteiger charge is 2.15. The molecule has 1 aromatic rings. The Labute approximate surface area is 91.5 Å². The molecule has 0 bridgehead atoms. The Hall–Kier alpha value is -2.31. The molecule has 2 amide bonds. The lowest BCUT2D eigenvalue weighted by Crippen LogP contribution is -2.35. The van der Waals surface area contributed by atoms with Crippen LogP contribution in [0.3, 0.4) is 0 Å². The van der Waals surface area contributed by atoms with Crippen LogP contribution in [0.15, 0.2) is 16.5 Å². The van der Waals surface area contributed by atoms with Crippen molar-refractivity contribution in [3.8, 4) is 0 Å². The largest absolute Gasteiger partial charge is 0.446 e. The van der Waals surface area contributed by atoms with E-state index in [9.17, 15) is 9.59 Å². The number of nitrogens with two attached hydrogens (primary N) is 1. The van der Waals surface area contributed by atoms with Gasteiger partial charge in [0.25, 0.3) is 11.8 Å². The van der Waals surface area contributed by atoms with Gasteiger partial charge < -0.3 is 15.5 Å². The Bertz CT molecular complexity index is 424. The quantitative estimate of drug-likeness (QED) is 0.414. The molecule has 0 saturated carbocycles. The lowest BCUT2D eigenvalue weighted by molar-refractivity contribution is 0.0912. The first kappa shape index (κ1) is 11.8. The highest BCUT2D eigenvalue weighted by Crippen LogP contribution is 2.07. The minimum Gasteiger partial charge on any atom is -0.446 e. The van der Waals surface area contributed by atoms with Gasteiger partial charge in [0, 0.05) is 6.54 Å². The van der Waals surface area contributed by atoms with Crippen LogP contribution < -0.4 is 16.4 Å². The van der Waals surface area contributed by atoms with E-state index in [2.05, 4.69) is 5.32 Å². The molecule has 0 radical (unpaired) electrons. The van der Waals surface area contributed by atoms with Gasteiger partial charge in [-0.05, 0) is 19.1 Å². The molecule has 1 aromatic heterocycles. The van der Waals surface area contributed by atoms with Gasteiger partial charge in [0.1, 0.15) is 0 Å². The summed E-state index contributed by atoms with van der Waals surface area (Å²) in [5.41, 5.74) is 4.98. The first-order valence-corrected chi connectivity index (χ1v) is 4.58. The van der Waals surface area contributed by atoms with Crippen molar-refractivity contribution in [2.24, 2.45) is 5.73 Å². The minimum absolute atomic E-state index is 0.0375. The van der Waals surface area contributed by atoms with Crippen LogP contribution in [0.5, 0.6) is 0 Å². The average molecular weight is 224 g/mol. The van der Waals surface area contributed by atoms with Crippen molar-refractivity contribution in [2.45, 2.75) is 6.92 Å². The smallest absolute Gasteiger partial charge is 0.293 e. The fraction of sp³-hybridized carbons (Fsp3) is 0.222. The lowest BCUT2D eigenvalue weighted by Gasteiger charge is -1.99. The normalized spacial score (nSPS) is 9.56. The number of furan rings is 1.